The number of aromatic nitrogens is 4. The number of hydrogen-bond donors (Lipinski definition) is 0. The second kappa shape index (κ2) is 10.3. The van der Waals surface area contributed by atoms with Crippen LogP contribution in [0.25, 0.3) is 17.2 Å². The van der Waals surface area contributed by atoms with Crippen molar-refractivity contribution in [1.29, 1.82) is 0 Å². The van der Waals surface area contributed by atoms with E-state index in [4.69, 9.17) is 14.5 Å². The molecular formula is C24H28N6O2. The SMILES string of the molecule is COc1ccccc1/C=C/CN1CCO[C@@H](c2nc(N(C)C)ncc2-c2cncnc2)C1. The maximum absolute atomic E-state index is 6.16. The summed E-state index contributed by atoms with van der Waals surface area (Å²) in [7, 11) is 5.56. The van der Waals surface area contributed by atoms with Crippen LogP contribution in [0.15, 0.2) is 55.3 Å². The lowest BCUT2D eigenvalue weighted by molar-refractivity contribution is -0.0278. The van der Waals surface area contributed by atoms with Gasteiger partial charge in [0.05, 0.1) is 19.4 Å². The number of hydrogen-bond acceptors (Lipinski definition) is 8. The highest BCUT2D eigenvalue weighted by atomic mass is 16.5. The van der Waals surface area contributed by atoms with E-state index in [9.17, 15) is 0 Å². The fraction of sp³-hybridized carbons (Fsp3) is 0.333. The van der Waals surface area contributed by atoms with Gasteiger partial charge in [0.25, 0.3) is 0 Å². The minimum Gasteiger partial charge on any atom is -0.496 e. The molecule has 3 aromatic rings. The molecule has 0 unspecified atom stereocenters. The Hall–Kier alpha value is -3.36. The van der Waals surface area contributed by atoms with Gasteiger partial charge in [-0.05, 0) is 6.07 Å². The summed E-state index contributed by atoms with van der Waals surface area (Å²) in [5.41, 5.74) is 3.70. The summed E-state index contributed by atoms with van der Waals surface area (Å²) in [5, 5.41) is 0. The maximum Gasteiger partial charge on any atom is 0.225 e. The molecule has 3 heterocycles. The molecular weight excluding hydrogens is 404 g/mol. The Labute approximate surface area is 188 Å². The van der Waals surface area contributed by atoms with Crippen molar-refractivity contribution < 1.29 is 9.47 Å². The number of ether oxygens (including phenoxy) is 2. The summed E-state index contributed by atoms with van der Waals surface area (Å²) in [6.07, 6.45) is 11.0. The van der Waals surface area contributed by atoms with Crippen molar-refractivity contribution >= 4 is 12.0 Å². The van der Waals surface area contributed by atoms with Crippen molar-refractivity contribution in [2.75, 3.05) is 52.3 Å². The van der Waals surface area contributed by atoms with Gasteiger partial charge in [-0.2, -0.15) is 0 Å². The lowest BCUT2D eigenvalue weighted by atomic mass is 10.0. The van der Waals surface area contributed by atoms with Crippen molar-refractivity contribution in [1.82, 2.24) is 24.8 Å². The van der Waals surface area contributed by atoms with Crippen LogP contribution in [0.4, 0.5) is 5.95 Å². The average Bonchev–Trinajstić information content (AvgIpc) is 2.84. The van der Waals surface area contributed by atoms with E-state index in [1.165, 1.54) is 6.33 Å². The van der Waals surface area contributed by atoms with Gasteiger partial charge in [-0.1, -0.05) is 30.4 Å². The Balaban J connectivity index is 1.53. The molecule has 1 fully saturated rings. The number of anilines is 1. The zero-order chi connectivity index (χ0) is 22.3. The van der Waals surface area contributed by atoms with E-state index in [0.717, 1.165) is 47.8 Å². The summed E-state index contributed by atoms with van der Waals surface area (Å²) >= 11 is 0. The van der Waals surface area contributed by atoms with Crippen LogP contribution in [-0.4, -0.2) is 72.3 Å². The molecule has 1 aliphatic heterocycles. The van der Waals surface area contributed by atoms with E-state index in [0.29, 0.717) is 12.6 Å². The second-order valence-corrected chi connectivity index (χ2v) is 7.75. The number of nitrogens with zero attached hydrogens (tertiary/aromatic N) is 6. The van der Waals surface area contributed by atoms with Gasteiger partial charge in [0.2, 0.25) is 5.95 Å². The van der Waals surface area contributed by atoms with Gasteiger partial charge in [-0.15, -0.1) is 0 Å². The number of benzene rings is 1. The summed E-state index contributed by atoms with van der Waals surface area (Å²) in [6, 6.07) is 8.01. The van der Waals surface area contributed by atoms with E-state index in [2.05, 4.69) is 38.1 Å². The third-order valence-electron chi connectivity index (χ3n) is 5.33. The third-order valence-corrected chi connectivity index (χ3v) is 5.33. The molecule has 4 rings (SSSR count). The summed E-state index contributed by atoms with van der Waals surface area (Å²) in [4.78, 5) is 21.9. The first-order valence-corrected chi connectivity index (χ1v) is 10.6. The van der Waals surface area contributed by atoms with Gasteiger partial charge in [0.15, 0.2) is 0 Å². The Bertz CT molecular complexity index is 1060. The van der Waals surface area contributed by atoms with Crippen molar-refractivity contribution in [3.05, 3.63) is 66.5 Å². The molecule has 8 heteroatoms. The normalized spacial score (nSPS) is 16.9. The largest absolute Gasteiger partial charge is 0.496 e. The summed E-state index contributed by atoms with van der Waals surface area (Å²) in [6.45, 7) is 3.05. The molecule has 8 nitrogen and oxygen atoms in total. The third kappa shape index (κ3) is 5.09. The van der Waals surface area contributed by atoms with Gasteiger partial charge in [0, 0.05) is 69.0 Å². The second-order valence-electron chi connectivity index (χ2n) is 7.75. The Kier molecular flexibility index (Phi) is 7.03. The fourth-order valence-electron chi connectivity index (χ4n) is 3.67. The molecule has 0 bridgehead atoms. The first kappa shape index (κ1) is 21.9. The van der Waals surface area contributed by atoms with Crippen molar-refractivity contribution in [2.45, 2.75) is 6.10 Å². The van der Waals surface area contributed by atoms with Crippen LogP contribution < -0.4 is 9.64 Å². The predicted molar refractivity (Wildman–Crippen MR) is 125 cm³/mol. The highest BCUT2D eigenvalue weighted by molar-refractivity contribution is 5.64. The van der Waals surface area contributed by atoms with E-state index in [-0.39, 0.29) is 6.10 Å². The van der Waals surface area contributed by atoms with Crippen LogP contribution >= 0.6 is 0 Å². The van der Waals surface area contributed by atoms with Crippen molar-refractivity contribution in [2.24, 2.45) is 0 Å². The molecule has 1 saturated heterocycles. The van der Waals surface area contributed by atoms with Gasteiger partial charge < -0.3 is 14.4 Å². The molecule has 0 radical (unpaired) electrons. The maximum atomic E-state index is 6.16. The first-order valence-electron chi connectivity index (χ1n) is 10.6. The molecule has 1 atom stereocenters. The number of methoxy groups -OCH3 is 1. The number of rotatable bonds is 7. The minimum atomic E-state index is -0.166. The van der Waals surface area contributed by atoms with Gasteiger partial charge in [-0.3, -0.25) is 4.90 Å². The molecule has 0 saturated carbocycles. The van der Waals surface area contributed by atoms with Gasteiger partial charge >= 0.3 is 0 Å². The van der Waals surface area contributed by atoms with E-state index >= 15 is 0 Å². The minimum absolute atomic E-state index is 0.166. The number of para-hydroxylation sites is 1. The first-order chi connectivity index (χ1) is 15.7. The van der Waals surface area contributed by atoms with Crippen LogP contribution in [0.1, 0.15) is 17.4 Å². The number of morpholine rings is 1. The van der Waals surface area contributed by atoms with Crippen molar-refractivity contribution in [3.8, 4) is 16.9 Å². The summed E-state index contributed by atoms with van der Waals surface area (Å²) < 4.78 is 11.6. The topological polar surface area (TPSA) is 76.5 Å². The van der Waals surface area contributed by atoms with Crippen LogP contribution in [0.2, 0.25) is 0 Å². The molecule has 1 aromatic carbocycles. The highest BCUT2D eigenvalue weighted by Gasteiger charge is 2.26. The van der Waals surface area contributed by atoms with Crippen molar-refractivity contribution in [3.63, 3.8) is 0 Å². The molecule has 2 aromatic heterocycles. The summed E-state index contributed by atoms with van der Waals surface area (Å²) in [5.74, 6) is 1.52. The van der Waals surface area contributed by atoms with E-state index in [1.807, 2.05) is 43.4 Å². The van der Waals surface area contributed by atoms with E-state index < -0.39 is 0 Å². The smallest absolute Gasteiger partial charge is 0.225 e. The van der Waals surface area contributed by atoms with Gasteiger partial charge in [0.1, 0.15) is 18.2 Å². The Morgan fingerprint density at radius 1 is 1.19 bits per heavy atom. The zero-order valence-electron chi connectivity index (χ0n) is 18.7. The molecule has 0 amide bonds. The van der Waals surface area contributed by atoms with Crippen LogP contribution in [0.5, 0.6) is 5.75 Å². The Morgan fingerprint density at radius 2 is 2.00 bits per heavy atom. The molecule has 166 valence electrons. The van der Waals surface area contributed by atoms with Gasteiger partial charge in [-0.25, -0.2) is 19.9 Å². The molecule has 0 spiro atoms. The van der Waals surface area contributed by atoms with Crippen LogP contribution in [-0.2, 0) is 4.74 Å². The quantitative estimate of drug-likeness (QED) is 0.564. The van der Waals surface area contributed by atoms with E-state index in [1.54, 1.807) is 19.5 Å². The molecule has 0 aliphatic carbocycles. The van der Waals surface area contributed by atoms with Crippen LogP contribution in [0, 0.1) is 0 Å². The standard InChI is InChI=1S/C24H28N6O2/c1-29(2)24-27-15-20(19-13-25-17-26-14-19)23(28-24)22-16-30(11-12-32-22)10-6-8-18-7-4-5-9-21(18)31-3/h4-9,13-15,17,22H,10-12,16H2,1-3H3/b8-6+/t22-/m1/s1. The molecule has 32 heavy (non-hydrogen) atoms. The zero-order valence-corrected chi connectivity index (χ0v) is 18.7. The average molecular weight is 433 g/mol. The monoisotopic (exact) mass is 432 g/mol. The van der Waals surface area contributed by atoms with Crippen LogP contribution in [0.3, 0.4) is 0 Å². The molecule has 1 aliphatic rings. The highest BCUT2D eigenvalue weighted by Crippen LogP contribution is 2.31. The predicted octanol–water partition coefficient (Wildman–Crippen LogP) is 3.09. The lowest BCUT2D eigenvalue weighted by Crippen LogP contribution is -2.39. The molecule has 0 N–H and O–H groups in total. The fourth-order valence-corrected chi connectivity index (χ4v) is 3.67. The lowest BCUT2D eigenvalue weighted by Gasteiger charge is -2.33. The Morgan fingerprint density at radius 3 is 2.78 bits per heavy atom.